The van der Waals surface area contributed by atoms with Gasteiger partial charge in [0.2, 0.25) is 5.91 Å². The van der Waals surface area contributed by atoms with Crippen LogP contribution in [0.2, 0.25) is 0 Å². The van der Waals surface area contributed by atoms with Gasteiger partial charge in [-0.3, -0.25) is 11.8 Å². The van der Waals surface area contributed by atoms with Crippen molar-refractivity contribution in [3.05, 3.63) is 42.7 Å². The fourth-order valence-electron chi connectivity index (χ4n) is 1.43. The van der Waals surface area contributed by atoms with Gasteiger partial charge in [-0.15, -0.1) is 0 Å². The second-order valence-corrected chi connectivity index (χ2v) is 3.05. The van der Waals surface area contributed by atoms with E-state index >= 15 is 0 Å². The molecule has 0 atom stereocenters. The van der Waals surface area contributed by atoms with Gasteiger partial charge in [0.1, 0.15) is 0 Å². The van der Waals surface area contributed by atoms with E-state index < -0.39 is 0 Å². The molecule has 81 valence electrons. The largest absolute Gasteiger partial charge is 0.504 e. The number of aliphatic hydroxyl groups is 1. The third-order valence-electron chi connectivity index (χ3n) is 2.12. The quantitative estimate of drug-likeness (QED) is 0.785. The first-order valence-corrected chi connectivity index (χ1v) is 4.42. The standard InChI is InChI=1S/C10H10N3O2.Y/c1-11-10(15)8-3-2-4-13-9(8)5-7(6-14)12-13;/h2-5,14H,1,6H2,(H,11,15);/q-1;. The molecule has 0 fully saturated rings. The summed E-state index contributed by atoms with van der Waals surface area (Å²) in [6.07, 6.45) is 1.72. The molecule has 0 spiro atoms. The van der Waals surface area contributed by atoms with Crippen molar-refractivity contribution in [3.63, 3.8) is 0 Å². The monoisotopic (exact) mass is 293 g/mol. The van der Waals surface area contributed by atoms with E-state index in [4.69, 9.17) is 5.11 Å². The average Bonchev–Trinajstić information content (AvgIpc) is 2.70. The Morgan fingerprint density at radius 1 is 1.62 bits per heavy atom. The van der Waals surface area contributed by atoms with Crippen LogP contribution in [0.1, 0.15) is 16.1 Å². The van der Waals surface area contributed by atoms with E-state index in [9.17, 15) is 4.79 Å². The Kier molecular flexibility index (Phi) is 4.59. The number of hydrogen-bond donors (Lipinski definition) is 2. The number of pyridine rings is 1. The molecule has 0 bridgehead atoms. The molecule has 2 aromatic rings. The summed E-state index contributed by atoms with van der Waals surface area (Å²) in [6, 6.07) is 5.06. The minimum Gasteiger partial charge on any atom is -0.504 e. The van der Waals surface area contributed by atoms with Crippen molar-refractivity contribution in [1.29, 1.82) is 0 Å². The van der Waals surface area contributed by atoms with Crippen LogP contribution in [-0.2, 0) is 39.3 Å². The molecule has 6 heteroatoms. The van der Waals surface area contributed by atoms with E-state index in [1.807, 2.05) is 0 Å². The van der Waals surface area contributed by atoms with Gasteiger partial charge in [-0.1, -0.05) is 0 Å². The van der Waals surface area contributed by atoms with Crippen LogP contribution in [0.3, 0.4) is 0 Å². The van der Waals surface area contributed by atoms with Crippen molar-refractivity contribution >= 4 is 11.4 Å². The fourth-order valence-corrected chi connectivity index (χ4v) is 1.43. The van der Waals surface area contributed by atoms with E-state index in [2.05, 4.69) is 17.5 Å². The van der Waals surface area contributed by atoms with Crippen LogP contribution in [0.15, 0.2) is 24.4 Å². The van der Waals surface area contributed by atoms with E-state index in [1.165, 1.54) is 0 Å². The molecule has 0 saturated carbocycles. The Balaban J connectivity index is 0.00000128. The summed E-state index contributed by atoms with van der Waals surface area (Å²) in [5.41, 5.74) is 1.67. The van der Waals surface area contributed by atoms with Crippen LogP contribution < -0.4 is 5.32 Å². The maximum atomic E-state index is 11.4. The van der Waals surface area contributed by atoms with Gasteiger partial charge < -0.3 is 10.4 Å². The Morgan fingerprint density at radius 2 is 2.38 bits per heavy atom. The Morgan fingerprint density at radius 3 is 3.00 bits per heavy atom. The Labute approximate surface area is 118 Å². The Bertz CT molecular complexity index is 510. The minimum atomic E-state index is -0.273. The van der Waals surface area contributed by atoms with E-state index in [0.29, 0.717) is 16.8 Å². The molecular formula is C10H10N3O2Y-. The third kappa shape index (κ3) is 2.31. The zero-order chi connectivity index (χ0) is 10.8. The van der Waals surface area contributed by atoms with Crippen LogP contribution >= 0.6 is 0 Å². The number of rotatable bonds is 2. The van der Waals surface area contributed by atoms with Gasteiger partial charge >= 0.3 is 0 Å². The number of amides is 1. The maximum absolute atomic E-state index is 11.4. The Hall–Kier alpha value is -0.776. The molecule has 0 saturated heterocycles. The zero-order valence-electron chi connectivity index (χ0n) is 8.55. The van der Waals surface area contributed by atoms with Gasteiger partial charge in [0, 0.05) is 38.9 Å². The van der Waals surface area contributed by atoms with E-state index in [1.54, 1.807) is 28.9 Å². The topological polar surface area (TPSA) is 66.6 Å². The molecular weight excluding hydrogens is 283 g/mol. The summed E-state index contributed by atoms with van der Waals surface area (Å²) < 4.78 is 1.55. The summed E-state index contributed by atoms with van der Waals surface area (Å²) in [4.78, 5) is 11.4. The van der Waals surface area contributed by atoms with Crippen LogP contribution in [0.25, 0.3) is 5.52 Å². The van der Waals surface area contributed by atoms with Gasteiger partial charge in [-0.2, -0.15) is 5.10 Å². The maximum Gasteiger partial charge on any atom is 0.224 e. The predicted molar refractivity (Wildman–Crippen MR) is 53.9 cm³/mol. The first-order chi connectivity index (χ1) is 7.26. The molecule has 0 aliphatic rings. The molecule has 0 aromatic carbocycles. The van der Waals surface area contributed by atoms with Crippen LogP contribution in [0.4, 0.5) is 0 Å². The van der Waals surface area contributed by atoms with Crippen molar-refractivity contribution in [2.24, 2.45) is 0 Å². The molecule has 0 aliphatic carbocycles. The second-order valence-electron chi connectivity index (χ2n) is 3.05. The first-order valence-electron chi connectivity index (χ1n) is 4.42. The molecule has 1 radical (unpaired) electrons. The minimum absolute atomic E-state index is 0. The first kappa shape index (κ1) is 13.3. The van der Waals surface area contributed by atoms with Gasteiger partial charge in [-0.05, 0) is 18.2 Å². The number of nitrogens with one attached hydrogen (secondary N) is 1. The van der Waals surface area contributed by atoms with E-state index in [-0.39, 0.29) is 45.2 Å². The average molecular weight is 293 g/mol. The second kappa shape index (κ2) is 5.52. The summed E-state index contributed by atoms with van der Waals surface area (Å²) in [5.74, 6) is -0.273. The molecule has 5 nitrogen and oxygen atoms in total. The van der Waals surface area contributed by atoms with Crippen molar-refractivity contribution in [3.8, 4) is 0 Å². The van der Waals surface area contributed by atoms with E-state index in [0.717, 1.165) is 0 Å². The SMILES string of the molecule is [CH2-]NC(=O)c1cccn2nc(CO)cc12.[Y]. The summed E-state index contributed by atoms with van der Waals surface area (Å²) in [5, 5.41) is 15.3. The summed E-state index contributed by atoms with van der Waals surface area (Å²) in [7, 11) is 3.32. The van der Waals surface area contributed by atoms with Gasteiger partial charge in [0.05, 0.1) is 23.4 Å². The number of fused-ring (bicyclic) bond motifs is 1. The molecule has 16 heavy (non-hydrogen) atoms. The van der Waals surface area contributed by atoms with Crippen molar-refractivity contribution < 1.29 is 42.6 Å². The predicted octanol–water partition coefficient (Wildman–Crippen LogP) is 0.345. The van der Waals surface area contributed by atoms with Crippen LogP contribution in [0, 0.1) is 7.05 Å². The van der Waals surface area contributed by atoms with Crippen LogP contribution in [-0.4, -0.2) is 20.6 Å². The van der Waals surface area contributed by atoms with Crippen LogP contribution in [0.5, 0.6) is 0 Å². The molecule has 2 heterocycles. The number of aromatic nitrogens is 2. The normalized spacial score (nSPS) is 9.88. The fraction of sp³-hybridized carbons (Fsp3) is 0.100. The molecule has 2 rings (SSSR count). The third-order valence-corrected chi connectivity index (χ3v) is 2.12. The smallest absolute Gasteiger partial charge is 0.224 e. The number of nitrogens with zero attached hydrogens (tertiary/aromatic N) is 2. The summed E-state index contributed by atoms with van der Waals surface area (Å²) in [6.45, 7) is -0.146. The zero-order valence-corrected chi connectivity index (χ0v) is 11.4. The molecule has 2 aromatic heterocycles. The number of aliphatic hydroxyl groups excluding tert-OH is 1. The van der Waals surface area contributed by atoms with Gasteiger partial charge in [0.15, 0.2) is 0 Å². The van der Waals surface area contributed by atoms with Crippen molar-refractivity contribution in [2.45, 2.75) is 6.61 Å². The number of carbonyl (C=O) groups is 1. The molecule has 0 aliphatic heterocycles. The van der Waals surface area contributed by atoms with Gasteiger partial charge in [-0.25, -0.2) is 4.52 Å². The molecule has 1 amide bonds. The van der Waals surface area contributed by atoms with Crippen molar-refractivity contribution in [2.75, 3.05) is 0 Å². The van der Waals surface area contributed by atoms with Crippen molar-refractivity contribution in [1.82, 2.24) is 14.9 Å². The molecule has 0 unspecified atom stereocenters. The summed E-state index contributed by atoms with van der Waals surface area (Å²) >= 11 is 0. The number of hydrogen-bond acceptors (Lipinski definition) is 3. The van der Waals surface area contributed by atoms with Gasteiger partial charge in [0.25, 0.3) is 0 Å². The molecule has 2 N–H and O–H groups in total. The number of carbonyl (C=O) groups excluding carboxylic acids is 1.